The van der Waals surface area contributed by atoms with E-state index in [0.29, 0.717) is 10.2 Å². The summed E-state index contributed by atoms with van der Waals surface area (Å²) in [6, 6.07) is 1.76. The molecule has 0 N–H and O–H groups in total. The summed E-state index contributed by atoms with van der Waals surface area (Å²) in [5.41, 5.74) is -0.347. The third-order valence-corrected chi connectivity index (χ3v) is 3.53. The molecule has 0 spiro atoms. The number of aromatic nitrogens is 2. The van der Waals surface area contributed by atoms with E-state index in [1.165, 1.54) is 18.4 Å². The van der Waals surface area contributed by atoms with Crippen molar-refractivity contribution in [3.63, 3.8) is 0 Å². The number of aryl methyl sites for hydroxylation is 1. The molecule has 2 heterocycles. The SMILES string of the molecule is CCc1cc2c(=O)n(C)c(C(=O)[O-])nc2s1.[Na+]. The number of thiophene rings is 1. The van der Waals surface area contributed by atoms with Crippen LogP contribution >= 0.6 is 11.3 Å². The largest absolute Gasteiger partial charge is 1.00 e. The van der Waals surface area contributed by atoms with E-state index in [9.17, 15) is 14.7 Å². The zero-order chi connectivity index (χ0) is 11.9. The van der Waals surface area contributed by atoms with Gasteiger partial charge >= 0.3 is 29.6 Å². The Kier molecular flexibility index (Phi) is 4.48. The van der Waals surface area contributed by atoms with Crippen molar-refractivity contribution < 1.29 is 39.5 Å². The minimum atomic E-state index is -1.44. The van der Waals surface area contributed by atoms with Gasteiger partial charge in [0.2, 0.25) is 0 Å². The maximum atomic E-state index is 11.8. The van der Waals surface area contributed by atoms with E-state index in [1.54, 1.807) is 6.07 Å². The normalized spacial score (nSPS) is 10.2. The molecular weight excluding hydrogens is 251 g/mol. The van der Waals surface area contributed by atoms with Crippen molar-refractivity contribution in [3.8, 4) is 0 Å². The van der Waals surface area contributed by atoms with Crippen LogP contribution in [-0.2, 0) is 13.5 Å². The van der Waals surface area contributed by atoms with E-state index < -0.39 is 5.97 Å². The molecule has 0 aliphatic carbocycles. The Morgan fingerprint density at radius 1 is 1.59 bits per heavy atom. The fourth-order valence-electron chi connectivity index (χ4n) is 1.47. The van der Waals surface area contributed by atoms with E-state index in [0.717, 1.165) is 15.9 Å². The molecule has 7 heteroatoms. The quantitative estimate of drug-likeness (QED) is 0.537. The Hall–Kier alpha value is -0.690. The summed E-state index contributed by atoms with van der Waals surface area (Å²) in [4.78, 5) is 28.0. The van der Waals surface area contributed by atoms with Crippen LogP contribution in [0.1, 0.15) is 22.4 Å². The summed E-state index contributed by atoms with van der Waals surface area (Å²) in [6.07, 6.45) is 0.796. The van der Waals surface area contributed by atoms with E-state index in [1.807, 2.05) is 6.92 Å². The number of rotatable bonds is 2. The molecule has 0 unspecified atom stereocenters. The standard InChI is InChI=1S/C10H10N2O3S.Na/c1-3-5-4-6-8(16-5)11-7(10(14)15)12(2)9(6)13;/h4H,3H2,1-2H3,(H,14,15);/q;+1/p-1. The van der Waals surface area contributed by atoms with Crippen molar-refractivity contribution in [1.82, 2.24) is 9.55 Å². The molecule has 0 saturated carbocycles. The van der Waals surface area contributed by atoms with E-state index in [2.05, 4.69) is 4.98 Å². The summed E-state index contributed by atoms with van der Waals surface area (Å²) in [7, 11) is 1.38. The maximum Gasteiger partial charge on any atom is 1.00 e. The molecule has 0 fully saturated rings. The van der Waals surface area contributed by atoms with Crippen LogP contribution in [0.25, 0.3) is 10.2 Å². The van der Waals surface area contributed by atoms with Gasteiger partial charge < -0.3 is 9.90 Å². The van der Waals surface area contributed by atoms with Crippen LogP contribution in [0.4, 0.5) is 0 Å². The number of carbonyl (C=O) groups is 1. The molecule has 84 valence electrons. The molecule has 17 heavy (non-hydrogen) atoms. The number of aromatic carboxylic acids is 1. The van der Waals surface area contributed by atoms with E-state index >= 15 is 0 Å². The predicted molar refractivity (Wildman–Crippen MR) is 58.6 cm³/mol. The number of carboxylic acid groups (broad SMARTS) is 1. The summed E-state index contributed by atoms with van der Waals surface area (Å²) >= 11 is 1.34. The van der Waals surface area contributed by atoms with Gasteiger partial charge in [0, 0.05) is 11.9 Å². The van der Waals surface area contributed by atoms with Crippen molar-refractivity contribution in [1.29, 1.82) is 0 Å². The number of carboxylic acids is 1. The van der Waals surface area contributed by atoms with Gasteiger partial charge in [0.25, 0.3) is 5.56 Å². The van der Waals surface area contributed by atoms with Gasteiger partial charge in [0.1, 0.15) is 10.8 Å². The second kappa shape index (κ2) is 5.30. The third-order valence-electron chi connectivity index (χ3n) is 2.35. The molecule has 0 aromatic carbocycles. The fourth-order valence-corrected chi connectivity index (χ4v) is 2.43. The van der Waals surface area contributed by atoms with Crippen LogP contribution in [0.2, 0.25) is 0 Å². The Bertz CT molecular complexity index is 632. The average molecular weight is 260 g/mol. The Morgan fingerprint density at radius 2 is 2.24 bits per heavy atom. The van der Waals surface area contributed by atoms with Gasteiger partial charge in [-0.1, -0.05) is 6.92 Å². The van der Waals surface area contributed by atoms with Crippen molar-refractivity contribution in [2.24, 2.45) is 7.05 Å². The summed E-state index contributed by atoms with van der Waals surface area (Å²) in [6.45, 7) is 1.97. The van der Waals surface area contributed by atoms with Crippen LogP contribution in [0.5, 0.6) is 0 Å². The molecule has 2 aromatic rings. The first-order valence-corrected chi connectivity index (χ1v) is 5.57. The van der Waals surface area contributed by atoms with Crippen LogP contribution in [0.3, 0.4) is 0 Å². The smallest absolute Gasteiger partial charge is 0.542 e. The number of fused-ring (bicyclic) bond motifs is 1. The van der Waals surface area contributed by atoms with Gasteiger partial charge in [-0.25, -0.2) is 4.98 Å². The fraction of sp³-hybridized carbons (Fsp3) is 0.300. The van der Waals surface area contributed by atoms with Crippen LogP contribution in [-0.4, -0.2) is 15.5 Å². The number of hydrogen-bond donors (Lipinski definition) is 0. The van der Waals surface area contributed by atoms with Crippen molar-refractivity contribution in [2.75, 3.05) is 0 Å². The zero-order valence-electron chi connectivity index (χ0n) is 9.81. The minimum absolute atomic E-state index is 0. The maximum absolute atomic E-state index is 11.8. The molecule has 2 rings (SSSR count). The Morgan fingerprint density at radius 3 is 2.76 bits per heavy atom. The van der Waals surface area contributed by atoms with E-state index in [4.69, 9.17) is 0 Å². The molecule has 0 bridgehead atoms. The average Bonchev–Trinajstić information content (AvgIpc) is 2.66. The summed E-state index contributed by atoms with van der Waals surface area (Å²) in [5.74, 6) is -1.77. The first kappa shape index (κ1) is 14.4. The van der Waals surface area contributed by atoms with Crippen LogP contribution in [0, 0.1) is 0 Å². The Labute approximate surface area is 123 Å². The predicted octanol–water partition coefficient (Wildman–Crippen LogP) is -3.08. The minimum Gasteiger partial charge on any atom is -0.542 e. The molecule has 0 aliphatic heterocycles. The topological polar surface area (TPSA) is 75.0 Å². The van der Waals surface area contributed by atoms with Crippen molar-refractivity contribution >= 4 is 27.5 Å². The van der Waals surface area contributed by atoms with Gasteiger partial charge in [-0.15, -0.1) is 11.3 Å². The molecule has 0 atom stereocenters. The first-order valence-electron chi connectivity index (χ1n) is 4.75. The first-order chi connectivity index (χ1) is 7.54. The molecule has 0 aliphatic rings. The Balaban J connectivity index is 0.00000144. The van der Waals surface area contributed by atoms with E-state index in [-0.39, 0.29) is 40.9 Å². The molecule has 0 radical (unpaired) electrons. The molecule has 0 saturated heterocycles. The molecule has 5 nitrogen and oxygen atoms in total. The van der Waals surface area contributed by atoms with Gasteiger partial charge in [-0.05, 0) is 12.5 Å². The monoisotopic (exact) mass is 260 g/mol. The van der Waals surface area contributed by atoms with Gasteiger partial charge in [-0.2, -0.15) is 0 Å². The molecular formula is C10H9N2NaO3S. The second-order valence-corrected chi connectivity index (χ2v) is 4.49. The van der Waals surface area contributed by atoms with Crippen LogP contribution in [0.15, 0.2) is 10.9 Å². The van der Waals surface area contributed by atoms with Gasteiger partial charge in [-0.3, -0.25) is 9.36 Å². The number of nitrogens with zero attached hydrogens (tertiary/aromatic N) is 2. The number of carbonyl (C=O) groups excluding carboxylic acids is 1. The van der Waals surface area contributed by atoms with Crippen molar-refractivity contribution in [2.45, 2.75) is 13.3 Å². The summed E-state index contributed by atoms with van der Waals surface area (Å²) in [5, 5.41) is 11.2. The van der Waals surface area contributed by atoms with Crippen LogP contribution < -0.4 is 40.2 Å². The van der Waals surface area contributed by atoms with Gasteiger partial charge in [0.05, 0.1) is 5.39 Å². The van der Waals surface area contributed by atoms with Gasteiger partial charge in [0.15, 0.2) is 5.82 Å². The molecule has 2 aromatic heterocycles. The summed E-state index contributed by atoms with van der Waals surface area (Å²) < 4.78 is 1.00. The zero-order valence-corrected chi connectivity index (χ0v) is 12.6. The number of hydrogen-bond acceptors (Lipinski definition) is 5. The second-order valence-electron chi connectivity index (χ2n) is 3.37. The third kappa shape index (κ3) is 2.44. The van der Waals surface area contributed by atoms with Crippen molar-refractivity contribution in [3.05, 3.63) is 27.1 Å². The molecule has 0 amide bonds.